The molecule has 4 aromatic rings. The van der Waals surface area contributed by atoms with Crippen molar-refractivity contribution >= 4 is 22.7 Å². The van der Waals surface area contributed by atoms with E-state index in [1.165, 1.54) is 24.0 Å². The average Bonchev–Trinajstić information content (AvgIpc) is 3.79. The number of rotatable bonds is 13. The molecule has 0 spiro atoms. The number of carbonyl (C=O) groups excluding carboxylic acids is 2. The third kappa shape index (κ3) is 6.70. The van der Waals surface area contributed by atoms with E-state index in [0.29, 0.717) is 19.5 Å². The molecule has 2 amide bonds. The zero-order valence-corrected chi connectivity index (χ0v) is 25.1. The van der Waals surface area contributed by atoms with Gasteiger partial charge in [-0.1, -0.05) is 85.3 Å². The van der Waals surface area contributed by atoms with E-state index in [4.69, 9.17) is 0 Å². The Morgan fingerprint density at radius 3 is 2.28 bits per heavy atom. The first-order valence-corrected chi connectivity index (χ1v) is 16.2. The van der Waals surface area contributed by atoms with Crippen LogP contribution in [0.25, 0.3) is 10.9 Å². The minimum Gasteiger partial charge on any atom is -0.351 e. The van der Waals surface area contributed by atoms with Crippen molar-refractivity contribution in [3.63, 3.8) is 0 Å². The molecule has 1 atom stereocenters. The van der Waals surface area contributed by atoms with Crippen LogP contribution in [0, 0.1) is 5.92 Å². The summed E-state index contributed by atoms with van der Waals surface area (Å²) in [6.07, 6.45) is 7.02. The number of amides is 2. The number of fused-ring (bicyclic) bond motifs is 1. The molecule has 6 heteroatoms. The van der Waals surface area contributed by atoms with Crippen LogP contribution >= 0.6 is 0 Å². The van der Waals surface area contributed by atoms with Gasteiger partial charge in [0.05, 0.1) is 0 Å². The molecule has 43 heavy (non-hydrogen) atoms. The molecule has 0 radical (unpaired) electrons. The van der Waals surface area contributed by atoms with Gasteiger partial charge in [0.25, 0.3) is 5.91 Å². The second-order valence-electron chi connectivity index (χ2n) is 12.1. The molecule has 6 rings (SSSR count). The number of nitrogens with zero attached hydrogens (tertiary/aromatic N) is 2. The van der Waals surface area contributed by atoms with Crippen molar-refractivity contribution < 1.29 is 9.59 Å². The lowest BCUT2D eigenvalue weighted by molar-refractivity contribution is -0.127. The lowest BCUT2D eigenvalue weighted by atomic mass is 9.83. The summed E-state index contributed by atoms with van der Waals surface area (Å²) in [7, 11) is 0. The summed E-state index contributed by atoms with van der Waals surface area (Å²) in [4.78, 5) is 28.3. The zero-order chi connectivity index (χ0) is 29.4. The summed E-state index contributed by atoms with van der Waals surface area (Å²) in [6, 6.07) is 29.7. The van der Waals surface area contributed by atoms with E-state index in [1.54, 1.807) is 0 Å². The number of carbonyl (C=O) groups is 2. The SMILES string of the molecule is O=C(NCCCN1CCCC1=O)c1c(C(c2ccccc2)c2ccccc2)c2ccccc2n1CCCCC1CCNC1. The molecule has 2 saturated heterocycles. The maximum absolute atomic E-state index is 14.3. The highest BCUT2D eigenvalue weighted by Gasteiger charge is 2.30. The predicted octanol–water partition coefficient (Wildman–Crippen LogP) is 6.34. The Bertz CT molecular complexity index is 1470. The van der Waals surface area contributed by atoms with Crippen molar-refractivity contribution in [2.75, 3.05) is 32.7 Å². The van der Waals surface area contributed by atoms with Gasteiger partial charge in [0.2, 0.25) is 5.91 Å². The molecule has 2 N–H and O–H groups in total. The molecule has 6 nitrogen and oxygen atoms in total. The third-order valence-corrected chi connectivity index (χ3v) is 9.25. The second-order valence-corrected chi connectivity index (χ2v) is 12.1. The molecule has 0 saturated carbocycles. The van der Waals surface area contributed by atoms with Crippen LogP contribution in [-0.2, 0) is 11.3 Å². The van der Waals surface area contributed by atoms with E-state index in [1.807, 2.05) is 17.0 Å². The molecular weight excluding hydrogens is 532 g/mol. The molecule has 1 aromatic heterocycles. The van der Waals surface area contributed by atoms with Gasteiger partial charge in [-0.15, -0.1) is 0 Å². The maximum atomic E-state index is 14.3. The molecule has 3 heterocycles. The van der Waals surface area contributed by atoms with Gasteiger partial charge < -0.3 is 20.1 Å². The lowest BCUT2D eigenvalue weighted by Gasteiger charge is -2.21. The van der Waals surface area contributed by atoms with Gasteiger partial charge >= 0.3 is 0 Å². The van der Waals surface area contributed by atoms with Crippen molar-refractivity contribution in [2.24, 2.45) is 5.92 Å². The first kappa shape index (κ1) is 29.2. The van der Waals surface area contributed by atoms with Crippen LogP contribution in [0.15, 0.2) is 84.9 Å². The minimum absolute atomic E-state index is 0.0317. The van der Waals surface area contributed by atoms with Crippen molar-refractivity contribution in [3.05, 3.63) is 107 Å². The quantitative estimate of drug-likeness (QED) is 0.183. The standard InChI is InChI=1S/C37H44N4O2/c42-33-20-11-24-40(33)25-12-22-39-37(43)36-35(34(29-14-3-1-4-15-29)30-16-5-2-6-17-30)31-18-7-8-19-32(31)41(36)26-10-9-13-28-21-23-38-27-28/h1-8,14-19,28,34,38H,9-13,20-27H2,(H,39,43). The summed E-state index contributed by atoms with van der Waals surface area (Å²) in [5.41, 5.74) is 5.29. The number of unbranched alkanes of at least 4 members (excludes halogenated alkanes) is 1. The van der Waals surface area contributed by atoms with E-state index in [-0.39, 0.29) is 17.7 Å². The summed E-state index contributed by atoms with van der Waals surface area (Å²) in [5.74, 6) is 0.885. The summed E-state index contributed by atoms with van der Waals surface area (Å²) < 4.78 is 2.29. The highest BCUT2D eigenvalue weighted by atomic mass is 16.2. The summed E-state index contributed by atoms with van der Waals surface area (Å²) >= 11 is 0. The van der Waals surface area contributed by atoms with Gasteiger partial charge in [-0.3, -0.25) is 9.59 Å². The molecular formula is C37H44N4O2. The summed E-state index contributed by atoms with van der Waals surface area (Å²) in [6.45, 7) is 5.14. The number of aryl methyl sites for hydroxylation is 1. The fourth-order valence-corrected chi connectivity index (χ4v) is 7.08. The Kier molecular flexibility index (Phi) is 9.53. The first-order chi connectivity index (χ1) is 21.2. The Morgan fingerprint density at radius 1 is 0.884 bits per heavy atom. The van der Waals surface area contributed by atoms with E-state index < -0.39 is 0 Å². The van der Waals surface area contributed by atoms with Crippen LogP contribution < -0.4 is 10.6 Å². The largest absolute Gasteiger partial charge is 0.351 e. The molecule has 224 valence electrons. The first-order valence-electron chi connectivity index (χ1n) is 16.2. The Labute approximate surface area is 255 Å². The van der Waals surface area contributed by atoms with E-state index in [9.17, 15) is 9.59 Å². The van der Waals surface area contributed by atoms with E-state index in [0.717, 1.165) is 79.9 Å². The van der Waals surface area contributed by atoms with Crippen LogP contribution in [0.2, 0.25) is 0 Å². The molecule has 2 aliphatic heterocycles. The molecule has 0 aliphatic carbocycles. The van der Waals surface area contributed by atoms with Gasteiger partial charge in [0.1, 0.15) is 5.69 Å². The summed E-state index contributed by atoms with van der Waals surface area (Å²) in [5, 5.41) is 7.89. The van der Waals surface area contributed by atoms with Crippen LogP contribution in [0.5, 0.6) is 0 Å². The van der Waals surface area contributed by atoms with Gasteiger partial charge in [0.15, 0.2) is 0 Å². The lowest BCUT2D eigenvalue weighted by Crippen LogP contribution is -2.32. The van der Waals surface area contributed by atoms with E-state index >= 15 is 0 Å². The highest BCUT2D eigenvalue weighted by molar-refractivity contribution is 6.02. The van der Waals surface area contributed by atoms with Crippen LogP contribution in [-0.4, -0.2) is 54.0 Å². The van der Waals surface area contributed by atoms with Crippen LogP contribution in [0.3, 0.4) is 0 Å². The number of likely N-dealkylation sites (tertiary alicyclic amines) is 1. The number of para-hydroxylation sites is 1. The maximum Gasteiger partial charge on any atom is 0.268 e. The molecule has 1 unspecified atom stereocenters. The minimum atomic E-state index is -0.0823. The molecule has 0 bridgehead atoms. The molecule has 2 fully saturated rings. The molecule has 2 aliphatic rings. The van der Waals surface area contributed by atoms with Gasteiger partial charge in [-0.25, -0.2) is 0 Å². The van der Waals surface area contributed by atoms with Gasteiger partial charge in [-0.05, 0) is 68.3 Å². The Balaban J connectivity index is 1.35. The van der Waals surface area contributed by atoms with Crippen molar-refractivity contribution in [1.82, 2.24) is 20.1 Å². The smallest absolute Gasteiger partial charge is 0.268 e. The number of benzene rings is 3. The number of aromatic nitrogens is 1. The predicted molar refractivity (Wildman–Crippen MR) is 173 cm³/mol. The molecule has 3 aromatic carbocycles. The number of hydrogen-bond acceptors (Lipinski definition) is 3. The fraction of sp³-hybridized carbons (Fsp3) is 0.405. The number of hydrogen-bond donors (Lipinski definition) is 2. The van der Waals surface area contributed by atoms with E-state index in [2.05, 4.69) is 88.0 Å². The van der Waals surface area contributed by atoms with Crippen molar-refractivity contribution in [2.45, 2.75) is 57.4 Å². The Hall–Kier alpha value is -3.90. The van der Waals surface area contributed by atoms with Gasteiger partial charge in [-0.2, -0.15) is 0 Å². The van der Waals surface area contributed by atoms with Crippen LogP contribution in [0.4, 0.5) is 0 Å². The monoisotopic (exact) mass is 576 g/mol. The fourth-order valence-electron chi connectivity index (χ4n) is 7.08. The zero-order valence-electron chi connectivity index (χ0n) is 25.1. The normalized spacial score (nSPS) is 16.9. The van der Waals surface area contributed by atoms with Crippen molar-refractivity contribution in [3.8, 4) is 0 Å². The topological polar surface area (TPSA) is 66.4 Å². The number of nitrogens with one attached hydrogen (secondary N) is 2. The second kappa shape index (κ2) is 14.0. The Morgan fingerprint density at radius 2 is 1.60 bits per heavy atom. The highest BCUT2D eigenvalue weighted by Crippen LogP contribution is 2.40. The van der Waals surface area contributed by atoms with Crippen LogP contribution in [0.1, 0.15) is 78.0 Å². The third-order valence-electron chi connectivity index (χ3n) is 9.25. The average molecular weight is 577 g/mol. The van der Waals surface area contributed by atoms with Crippen molar-refractivity contribution in [1.29, 1.82) is 0 Å². The van der Waals surface area contributed by atoms with Gasteiger partial charge in [0, 0.05) is 55.0 Å².